The molecule has 0 spiro atoms. The molecule has 2 aromatic carbocycles. The number of nitrogens with zero attached hydrogens (tertiary/aromatic N) is 3. The minimum Gasteiger partial charge on any atom is -0.496 e. The van der Waals surface area contributed by atoms with E-state index in [-0.39, 0.29) is 18.2 Å². The quantitative estimate of drug-likeness (QED) is 0.243. The Labute approximate surface area is 245 Å². The summed E-state index contributed by atoms with van der Waals surface area (Å²) in [5.41, 5.74) is -0.289. The predicted octanol–water partition coefficient (Wildman–Crippen LogP) is 8.04. The zero-order valence-electron chi connectivity index (χ0n) is 23.9. The van der Waals surface area contributed by atoms with Crippen molar-refractivity contribution in [3.63, 3.8) is 0 Å². The number of carbonyl (C=O) groups is 1. The lowest BCUT2D eigenvalue weighted by molar-refractivity contribution is -0.143. The molecule has 0 radical (unpaired) electrons. The molecule has 0 aliphatic carbocycles. The van der Waals surface area contributed by atoms with Gasteiger partial charge in [-0.25, -0.2) is 9.78 Å². The summed E-state index contributed by atoms with van der Waals surface area (Å²) in [5.74, 6) is 1.30. The summed E-state index contributed by atoms with van der Waals surface area (Å²) in [4.78, 5) is 21.4. The lowest BCUT2D eigenvalue weighted by Crippen LogP contribution is -2.38. The SMILES string of the molecule is CCCc1ccc(OC)c(-c2ccc(N3CCC3)nc2CN2C(=O)OC(c3cc(C(F)(F)F)cc(C(F)(F)F)c3)C2C)c1. The molecule has 2 saturated heterocycles. The fourth-order valence-corrected chi connectivity index (χ4v) is 5.45. The van der Waals surface area contributed by atoms with Crippen molar-refractivity contribution in [2.75, 3.05) is 25.1 Å². The molecule has 6 nitrogen and oxygen atoms in total. The zero-order valence-corrected chi connectivity index (χ0v) is 23.9. The Hall–Kier alpha value is -3.96. The molecule has 2 fully saturated rings. The summed E-state index contributed by atoms with van der Waals surface area (Å²) < 4.78 is 92.3. The van der Waals surface area contributed by atoms with Gasteiger partial charge in [-0.1, -0.05) is 19.4 Å². The molecule has 2 unspecified atom stereocenters. The number of pyridine rings is 1. The molecule has 230 valence electrons. The average Bonchev–Trinajstić information content (AvgIpc) is 3.20. The molecule has 2 aliphatic heterocycles. The van der Waals surface area contributed by atoms with Crippen LogP contribution in [0, 0.1) is 0 Å². The maximum Gasteiger partial charge on any atom is 0.416 e. The van der Waals surface area contributed by atoms with Gasteiger partial charge in [0, 0.05) is 24.2 Å². The normalized spacial score (nSPS) is 19.0. The predicted molar refractivity (Wildman–Crippen MR) is 148 cm³/mol. The minimum absolute atomic E-state index is 0.0558. The summed E-state index contributed by atoms with van der Waals surface area (Å²) >= 11 is 0. The molecule has 0 N–H and O–H groups in total. The van der Waals surface area contributed by atoms with E-state index < -0.39 is 41.7 Å². The summed E-state index contributed by atoms with van der Waals surface area (Å²) in [6.07, 6.45) is -9.50. The third kappa shape index (κ3) is 6.23. The molecule has 1 aromatic heterocycles. The molecule has 0 saturated carbocycles. The monoisotopic (exact) mass is 607 g/mol. The smallest absolute Gasteiger partial charge is 0.416 e. The van der Waals surface area contributed by atoms with Crippen molar-refractivity contribution >= 4 is 11.9 Å². The van der Waals surface area contributed by atoms with Gasteiger partial charge in [0.15, 0.2) is 0 Å². The first kappa shape index (κ1) is 30.5. The number of methoxy groups -OCH3 is 1. The lowest BCUT2D eigenvalue weighted by Gasteiger charge is -2.33. The van der Waals surface area contributed by atoms with Crippen molar-refractivity contribution in [3.05, 3.63) is 76.5 Å². The minimum atomic E-state index is -5.02. The van der Waals surface area contributed by atoms with Crippen LogP contribution in [0.3, 0.4) is 0 Å². The second kappa shape index (κ2) is 11.6. The maximum atomic E-state index is 13.5. The van der Waals surface area contributed by atoms with E-state index >= 15 is 0 Å². The number of rotatable bonds is 8. The second-order valence-electron chi connectivity index (χ2n) is 10.8. The number of hydrogen-bond acceptors (Lipinski definition) is 5. The van der Waals surface area contributed by atoms with Crippen LogP contribution in [0.15, 0.2) is 48.5 Å². The Kier molecular flexibility index (Phi) is 8.24. The first-order chi connectivity index (χ1) is 20.3. The maximum absolute atomic E-state index is 13.5. The van der Waals surface area contributed by atoms with Gasteiger partial charge in [0.1, 0.15) is 17.7 Å². The number of carbonyl (C=O) groups excluding carboxylic acids is 1. The zero-order chi connectivity index (χ0) is 31.1. The number of anilines is 1. The van der Waals surface area contributed by atoms with Crippen molar-refractivity contribution in [3.8, 4) is 16.9 Å². The molecule has 2 atom stereocenters. The van der Waals surface area contributed by atoms with Crippen LogP contribution in [0.25, 0.3) is 11.1 Å². The molecule has 0 bridgehead atoms. The van der Waals surface area contributed by atoms with Gasteiger partial charge < -0.3 is 14.4 Å². The van der Waals surface area contributed by atoms with Gasteiger partial charge in [0.05, 0.1) is 36.5 Å². The highest BCUT2D eigenvalue weighted by atomic mass is 19.4. The number of benzene rings is 2. The summed E-state index contributed by atoms with van der Waals surface area (Å²) in [6.45, 7) is 5.16. The van der Waals surface area contributed by atoms with Crippen molar-refractivity contribution in [1.82, 2.24) is 9.88 Å². The summed E-state index contributed by atoms with van der Waals surface area (Å²) in [5, 5.41) is 0. The van der Waals surface area contributed by atoms with Gasteiger partial charge in [-0.15, -0.1) is 0 Å². The molecule has 43 heavy (non-hydrogen) atoms. The topological polar surface area (TPSA) is 54.9 Å². The number of halogens is 6. The van der Waals surface area contributed by atoms with E-state index in [2.05, 4.69) is 11.8 Å². The van der Waals surface area contributed by atoms with E-state index in [1.165, 1.54) is 11.8 Å². The van der Waals surface area contributed by atoms with Crippen molar-refractivity contribution in [2.24, 2.45) is 0 Å². The number of ether oxygens (including phenoxy) is 2. The Morgan fingerprint density at radius 1 is 0.953 bits per heavy atom. The van der Waals surface area contributed by atoms with Crippen LogP contribution in [-0.2, 0) is 30.1 Å². The molecule has 3 heterocycles. The summed E-state index contributed by atoms with van der Waals surface area (Å²) in [7, 11) is 1.55. The molecule has 2 aliphatic rings. The number of cyclic esters (lactones) is 1. The molecule has 3 aromatic rings. The second-order valence-corrected chi connectivity index (χ2v) is 10.8. The van der Waals surface area contributed by atoms with E-state index in [1.54, 1.807) is 7.11 Å². The molecular formula is C31H31F6N3O3. The number of hydrogen-bond donors (Lipinski definition) is 0. The third-order valence-electron chi connectivity index (χ3n) is 7.88. The van der Waals surface area contributed by atoms with Gasteiger partial charge in [-0.3, -0.25) is 4.90 Å². The van der Waals surface area contributed by atoms with E-state index in [1.807, 2.05) is 30.3 Å². The highest BCUT2D eigenvalue weighted by Gasteiger charge is 2.43. The fourth-order valence-electron chi connectivity index (χ4n) is 5.45. The van der Waals surface area contributed by atoms with Gasteiger partial charge in [0.2, 0.25) is 0 Å². The van der Waals surface area contributed by atoms with Gasteiger partial charge >= 0.3 is 18.4 Å². The molecule has 12 heteroatoms. The van der Waals surface area contributed by atoms with Crippen LogP contribution in [0.5, 0.6) is 5.75 Å². The van der Waals surface area contributed by atoms with Crippen LogP contribution in [0.4, 0.5) is 37.0 Å². The standard InChI is InChI=1S/C31H31F6N3O3/c1-4-6-19-7-9-26(42-3)24(13-19)23-8-10-27(39-11-5-12-39)38-25(23)17-40-18(2)28(43-29(40)41)20-14-21(30(32,33)34)16-22(15-20)31(35,36)37/h7-10,13-16,18,28H,4-6,11-12,17H2,1-3H3. The molecule has 1 amide bonds. The van der Waals surface area contributed by atoms with Crippen molar-refractivity contribution in [2.45, 2.75) is 64.2 Å². The Balaban J connectivity index is 1.54. The van der Waals surface area contributed by atoms with Gasteiger partial charge in [0.25, 0.3) is 0 Å². The average molecular weight is 608 g/mol. The van der Waals surface area contributed by atoms with Crippen LogP contribution in [0.1, 0.15) is 60.7 Å². The van der Waals surface area contributed by atoms with Crippen LogP contribution >= 0.6 is 0 Å². The molecular weight excluding hydrogens is 576 g/mol. The Morgan fingerprint density at radius 3 is 2.19 bits per heavy atom. The highest BCUT2D eigenvalue weighted by Crippen LogP contribution is 2.42. The van der Waals surface area contributed by atoms with Crippen molar-refractivity contribution < 1.29 is 40.6 Å². The Bertz CT molecular complexity index is 1470. The van der Waals surface area contributed by atoms with Gasteiger partial charge in [-0.2, -0.15) is 26.3 Å². The number of amides is 1. The number of aromatic nitrogens is 1. The Morgan fingerprint density at radius 2 is 1.63 bits per heavy atom. The highest BCUT2D eigenvalue weighted by molar-refractivity contribution is 5.76. The first-order valence-electron chi connectivity index (χ1n) is 14.0. The largest absolute Gasteiger partial charge is 0.496 e. The van der Waals surface area contributed by atoms with Crippen LogP contribution < -0.4 is 9.64 Å². The van der Waals surface area contributed by atoms with Crippen LogP contribution in [0.2, 0.25) is 0 Å². The van der Waals surface area contributed by atoms with E-state index in [9.17, 15) is 31.1 Å². The van der Waals surface area contributed by atoms with Crippen LogP contribution in [-0.4, -0.2) is 42.2 Å². The number of alkyl halides is 6. The van der Waals surface area contributed by atoms with Gasteiger partial charge in [-0.05, 0) is 73.4 Å². The fraction of sp³-hybridized carbons (Fsp3) is 0.419. The van der Waals surface area contributed by atoms with Crippen molar-refractivity contribution in [1.29, 1.82) is 0 Å². The third-order valence-corrected chi connectivity index (χ3v) is 7.88. The van der Waals surface area contributed by atoms with E-state index in [0.717, 1.165) is 43.5 Å². The first-order valence-corrected chi connectivity index (χ1v) is 14.0. The van der Waals surface area contributed by atoms with E-state index in [4.69, 9.17) is 14.5 Å². The lowest BCUT2D eigenvalue weighted by atomic mass is 9.96. The number of aryl methyl sites for hydroxylation is 1. The molecule has 5 rings (SSSR count). The van der Waals surface area contributed by atoms with E-state index in [0.29, 0.717) is 35.0 Å². The summed E-state index contributed by atoms with van der Waals surface area (Å²) in [6, 6.07) is 9.99.